The Morgan fingerprint density at radius 2 is 2.15 bits per heavy atom. The molecule has 1 aromatic heterocycles. The molecule has 1 amide bonds. The first-order valence-electron chi connectivity index (χ1n) is 7.89. The fourth-order valence-electron chi connectivity index (χ4n) is 2.99. The molecule has 0 radical (unpaired) electrons. The number of aromatic nitrogens is 1. The van der Waals surface area contributed by atoms with E-state index in [2.05, 4.69) is 10.3 Å². The smallest absolute Gasteiger partial charge is 0.259 e. The number of carbonyl (C=O) groups is 1. The van der Waals surface area contributed by atoms with E-state index in [1.54, 1.807) is 6.07 Å². The van der Waals surface area contributed by atoms with Crippen LogP contribution in [-0.4, -0.2) is 16.6 Å². The van der Waals surface area contributed by atoms with E-state index < -0.39 is 5.95 Å². The number of rotatable bonds is 3. The van der Waals surface area contributed by atoms with Gasteiger partial charge in [-0.25, -0.2) is 0 Å². The molecular weight excluding hydrogens is 373 g/mol. The standard InChI is InChI=1S/C19H13ClFN3OS/c1-10-7-12(20)5-6-13(10)15-8-11-3-2-4-14(17(11)22-15)18(25)24-19-23-16(21)9-26-19/h2-7,9H,8H2,1H3,(H,23,24,25). The van der Waals surface area contributed by atoms with Crippen molar-refractivity contribution in [2.24, 2.45) is 4.99 Å². The van der Waals surface area contributed by atoms with E-state index in [4.69, 9.17) is 16.6 Å². The number of aryl methyl sites for hydroxylation is 1. The molecule has 0 unspecified atom stereocenters. The minimum atomic E-state index is -0.609. The van der Waals surface area contributed by atoms with Crippen molar-refractivity contribution in [1.82, 2.24) is 4.98 Å². The minimum Gasteiger partial charge on any atom is -0.298 e. The topological polar surface area (TPSA) is 54.4 Å². The van der Waals surface area contributed by atoms with E-state index in [9.17, 15) is 9.18 Å². The summed E-state index contributed by atoms with van der Waals surface area (Å²) in [5.74, 6) is -0.962. The zero-order valence-electron chi connectivity index (χ0n) is 13.7. The largest absolute Gasteiger partial charge is 0.298 e. The van der Waals surface area contributed by atoms with E-state index in [1.807, 2.05) is 37.3 Å². The van der Waals surface area contributed by atoms with Crippen LogP contribution in [0.25, 0.3) is 0 Å². The Kier molecular flexibility index (Phi) is 4.30. The molecule has 7 heteroatoms. The lowest BCUT2D eigenvalue weighted by atomic mass is 9.99. The molecule has 1 aliphatic heterocycles. The number of aliphatic imine (C=N–C) groups is 1. The van der Waals surface area contributed by atoms with Crippen LogP contribution in [0.4, 0.5) is 15.2 Å². The highest BCUT2D eigenvalue weighted by molar-refractivity contribution is 7.13. The maximum atomic E-state index is 13.0. The van der Waals surface area contributed by atoms with Crippen molar-refractivity contribution in [3.05, 3.63) is 75.0 Å². The fraction of sp³-hybridized carbons (Fsp3) is 0.105. The van der Waals surface area contributed by atoms with Gasteiger partial charge in [0, 0.05) is 16.8 Å². The van der Waals surface area contributed by atoms with E-state index in [1.165, 1.54) is 5.38 Å². The van der Waals surface area contributed by atoms with Crippen LogP contribution in [0.3, 0.4) is 0 Å². The van der Waals surface area contributed by atoms with E-state index in [0.717, 1.165) is 33.7 Å². The lowest BCUT2D eigenvalue weighted by Gasteiger charge is -2.05. The maximum Gasteiger partial charge on any atom is 0.259 e. The van der Waals surface area contributed by atoms with E-state index in [-0.39, 0.29) is 11.0 Å². The molecule has 26 heavy (non-hydrogen) atoms. The van der Waals surface area contributed by atoms with Gasteiger partial charge >= 0.3 is 0 Å². The Balaban J connectivity index is 1.68. The highest BCUT2D eigenvalue weighted by Crippen LogP contribution is 2.34. The van der Waals surface area contributed by atoms with Gasteiger partial charge in [0.15, 0.2) is 5.13 Å². The molecular formula is C19H13ClFN3OS. The van der Waals surface area contributed by atoms with Crippen LogP contribution in [0.5, 0.6) is 0 Å². The van der Waals surface area contributed by atoms with Gasteiger partial charge in [-0.1, -0.05) is 29.8 Å². The first kappa shape index (κ1) is 16.9. The predicted octanol–water partition coefficient (Wildman–Crippen LogP) is 5.17. The number of anilines is 1. The highest BCUT2D eigenvalue weighted by Gasteiger charge is 2.23. The second kappa shape index (κ2) is 6.63. The quantitative estimate of drug-likeness (QED) is 0.675. The fourth-order valence-corrected chi connectivity index (χ4v) is 3.77. The SMILES string of the molecule is Cc1cc(Cl)ccc1C1=Nc2c(cccc2C(=O)Nc2nc(F)cs2)C1. The number of carbonyl (C=O) groups excluding carboxylic acids is 1. The van der Waals surface area contributed by atoms with Crippen molar-refractivity contribution in [2.75, 3.05) is 5.32 Å². The van der Waals surface area contributed by atoms with Crippen LogP contribution < -0.4 is 5.32 Å². The second-order valence-electron chi connectivity index (χ2n) is 5.94. The summed E-state index contributed by atoms with van der Waals surface area (Å²) >= 11 is 7.07. The monoisotopic (exact) mass is 385 g/mol. The van der Waals surface area contributed by atoms with E-state index in [0.29, 0.717) is 22.7 Å². The third-order valence-electron chi connectivity index (χ3n) is 4.16. The molecule has 0 saturated heterocycles. The Morgan fingerprint density at radius 1 is 1.31 bits per heavy atom. The molecule has 0 saturated carbocycles. The predicted molar refractivity (Wildman–Crippen MR) is 103 cm³/mol. The summed E-state index contributed by atoms with van der Waals surface area (Å²) in [5, 5.41) is 4.77. The third-order valence-corrected chi connectivity index (χ3v) is 5.13. The molecule has 2 aromatic carbocycles. The van der Waals surface area contributed by atoms with Gasteiger partial charge < -0.3 is 0 Å². The maximum absolute atomic E-state index is 13.0. The molecule has 3 aromatic rings. The minimum absolute atomic E-state index is 0.223. The number of hydrogen-bond acceptors (Lipinski definition) is 4. The molecule has 4 nitrogen and oxygen atoms in total. The van der Waals surface area contributed by atoms with Crippen LogP contribution in [0.15, 0.2) is 46.8 Å². The summed E-state index contributed by atoms with van der Waals surface area (Å²) in [7, 11) is 0. The molecule has 4 rings (SSSR count). The highest BCUT2D eigenvalue weighted by atomic mass is 35.5. The van der Waals surface area contributed by atoms with Gasteiger partial charge in [-0.2, -0.15) is 9.37 Å². The number of benzene rings is 2. The molecule has 2 heterocycles. The van der Waals surface area contributed by atoms with Gasteiger partial charge in [-0.05, 0) is 41.8 Å². The third kappa shape index (κ3) is 3.13. The Hall–Kier alpha value is -2.57. The molecule has 0 fully saturated rings. The molecule has 0 atom stereocenters. The summed E-state index contributed by atoms with van der Waals surface area (Å²) in [5.41, 5.74) is 5.01. The number of halogens is 2. The summed E-state index contributed by atoms with van der Waals surface area (Å²) in [4.78, 5) is 20.9. The molecule has 0 bridgehead atoms. The zero-order chi connectivity index (χ0) is 18.3. The van der Waals surface area contributed by atoms with Crippen LogP contribution >= 0.6 is 22.9 Å². The van der Waals surface area contributed by atoms with Crippen LogP contribution in [0.1, 0.15) is 27.0 Å². The molecule has 0 aliphatic carbocycles. The van der Waals surface area contributed by atoms with Gasteiger partial charge in [0.1, 0.15) is 0 Å². The van der Waals surface area contributed by atoms with Gasteiger partial charge in [0.25, 0.3) is 5.91 Å². The Bertz CT molecular complexity index is 1060. The van der Waals surface area contributed by atoms with Gasteiger partial charge in [-0.15, -0.1) is 11.3 Å². The summed E-state index contributed by atoms with van der Waals surface area (Å²) in [6, 6.07) is 11.2. The van der Waals surface area contributed by atoms with Crippen molar-refractivity contribution in [2.45, 2.75) is 13.3 Å². The summed E-state index contributed by atoms with van der Waals surface area (Å²) in [6.45, 7) is 1.98. The number of hydrogen-bond donors (Lipinski definition) is 1. The van der Waals surface area contributed by atoms with Crippen molar-refractivity contribution in [3.8, 4) is 0 Å². The van der Waals surface area contributed by atoms with Crippen molar-refractivity contribution >= 4 is 45.4 Å². The van der Waals surface area contributed by atoms with Crippen LogP contribution in [-0.2, 0) is 6.42 Å². The number of thiazole rings is 1. The van der Waals surface area contributed by atoms with Crippen molar-refractivity contribution < 1.29 is 9.18 Å². The number of nitrogens with zero attached hydrogens (tertiary/aromatic N) is 2. The zero-order valence-corrected chi connectivity index (χ0v) is 15.3. The summed E-state index contributed by atoms with van der Waals surface area (Å²) < 4.78 is 13.0. The van der Waals surface area contributed by atoms with Gasteiger partial charge in [0.2, 0.25) is 5.95 Å². The first-order chi connectivity index (χ1) is 12.5. The van der Waals surface area contributed by atoms with Crippen molar-refractivity contribution in [1.29, 1.82) is 0 Å². The number of para-hydroxylation sites is 1. The van der Waals surface area contributed by atoms with Gasteiger partial charge in [0.05, 0.1) is 17.0 Å². The second-order valence-corrected chi connectivity index (χ2v) is 7.23. The molecule has 1 aliphatic rings. The molecule has 1 N–H and O–H groups in total. The molecule has 130 valence electrons. The normalized spacial score (nSPS) is 12.7. The lowest BCUT2D eigenvalue weighted by Crippen LogP contribution is -2.12. The summed E-state index contributed by atoms with van der Waals surface area (Å²) in [6.07, 6.45) is 0.644. The first-order valence-corrected chi connectivity index (χ1v) is 9.15. The number of fused-ring (bicyclic) bond motifs is 1. The van der Waals surface area contributed by atoms with Crippen molar-refractivity contribution in [3.63, 3.8) is 0 Å². The average Bonchev–Trinajstić information content (AvgIpc) is 3.20. The van der Waals surface area contributed by atoms with Gasteiger partial charge in [-0.3, -0.25) is 15.1 Å². The molecule has 0 spiro atoms. The number of nitrogens with one attached hydrogen (secondary N) is 1. The number of amides is 1. The Labute approximate surface area is 158 Å². The van der Waals surface area contributed by atoms with E-state index >= 15 is 0 Å². The Morgan fingerprint density at radius 3 is 2.88 bits per heavy atom. The average molecular weight is 386 g/mol. The van der Waals surface area contributed by atoms with Crippen LogP contribution in [0, 0.1) is 12.9 Å². The lowest BCUT2D eigenvalue weighted by molar-refractivity contribution is 0.102. The van der Waals surface area contributed by atoms with Crippen LogP contribution in [0.2, 0.25) is 5.02 Å².